The van der Waals surface area contributed by atoms with Crippen LogP contribution in [0.4, 0.5) is 0 Å². The van der Waals surface area contributed by atoms with Crippen molar-refractivity contribution in [3.63, 3.8) is 0 Å². The molecule has 0 radical (unpaired) electrons. The molecule has 176 valence electrons. The van der Waals surface area contributed by atoms with Crippen molar-refractivity contribution in [3.8, 4) is 0 Å². The number of rotatable bonds is 4. The largest absolute Gasteiger partial charge is 0.464 e. The number of esters is 1. The van der Waals surface area contributed by atoms with Crippen LogP contribution in [0.15, 0.2) is 0 Å². The molecule has 5 nitrogen and oxygen atoms in total. The molecule has 1 aliphatic heterocycles. The van der Waals surface area contributed by atoms with E-state index < -0.39 is 0 Å². The maximum atomic E-state index is 13.1. The van der Waals surface area contributed by atoms with E-state index in [-0.39, 0.29) is 23.4 Å². The van der Waals surface area contributed by atoms with Crippen molar-refractivity contribution < 1.29 is 19.4 Å². The average molecular weight is 434 g/mol. The highest BCUT2D eigenvalue weighted by molar-refractivity contribution is 5.74. The summed E-state index contributed by atoms with van der Waals surface area (Å²) in [6, 6.07) is 0. The number of aliphatic hydroxyl groups excluding tert-OH is 1. The van der Waals surface area contributed by atoms with E-state index in [0.717, 1.165) is 63.9 Å². The van der Waals surface area contributed by atoms with E-state index in [1.165, 1.54) is 38.5 Å². The number of carbonyl (C=O) groups excluding carboxylic acids is 1. The Morgan fingerprint density at radius 3 is 2.55 bits per heavy atom. The Bertz CT molecular complexity index is 664. The van der Waals surface area contributed by atoms with E-state index in [1.54, 1.807) is 0 Å². The fourth-order valence-electron chi connectivity index (χ4n) is 8.82. The summed E-state index contributed by atoms with van der Waals surface area (Å²) in [5.74, 6) is 3.07. The molecule has 0 aromatic heterocycles. The van der Waals surface area contributed by atoms with Gasteiger partial charge in [0.25, 0.3) is 0 Å². The van der Waals surface area contributed by atoms with Crippen LogP contribution in [0, 0.1) is 40.4 Å². The van der Waals surface area contributed by atoms with Crippen LogP contribution >= 0.6 is 0 Å². The van der Waals surface area contributed by atoms with Gasteiger partial charge in [0.1, 0.15) is 6.61 Å². The number of hydrogen-bond donors (Lipinski definition) is 1. The zero-order valence-electron chi connectivity index (χ0n) is 19.7. The van der Waals surface area contributed by atoms with Gasteiger partial charge in [-0.2, -0.15) is 0 Å². The van der Waals surface area contributed by atoms with Crippen LogP contribution in [0.25, 0.3) is 0 Å². The van der Waals surface area contributed by atoms with Crippen molar-refractivity contribution in [3.05, 3.63) is 0 Å². The second-order valence-corrected chi connectivity index (χ2v) is 11.9. The topological polar surface area (TPSA) is 59.0 Å². The zero-order valence-corrected chi connectivity index (χ0v) is 19.7. The molecular weight excluding hydrogens is 390 g/mol. The van der Waals surface area contributed by atoms with Gasteiger partial charge >= 0.3 is 5.97 Å². The molecule has 4 saturated carbocycles. The van der Waals surface area contributed by atoms with Crippen LogP contribution in [-0.4, -0.2) is 61.5 Å². The monoisotopic (exact) mass is 433 g/mol. The Kier molecular flexibility index (Phi) is 6.15. The van der Waals surface area contributed by atoms with Gasteiger partial charge < -0.3 is 14.6 Å². The number of nitrogens with zero attached hydrogens (tertiary/aromatic N) is 1. The summed E-state index contributed by atoms with van der Waals surface area (Å²) in [6.45, 7) is 9.77. The predicted molar refractivity (Wildman–Crippen MR) is 119 cm³/mol. The number of hydrogen-bond acceptors (Lipinski definition) is 5. The lowest BCUT2D eigenvalue weighted by Crippen LogP contribution is -2.54. The van der Waals surface area contributed by atoms with Crippen molar-refractivity contribution in [2.45, 2.75) is 77.7 Å². The van der Waals surface area contributed by atoms with E-state index in [4.69, 9.17) is 9.47 Å². The minimum absolute atomic E-state index is 0.0670. The van der Waals surface area contributed by atoms with Crippen molar-refractivity contribution in [2.24, 2.45) is 40.4 Å². The molecule has 5 aliphatic rings. The molecule has 0 bridgehead atoms. The van der Waals surface area contributed by atoms with Crippen LogP contribution in [0.3, 0.4) is 0 Å². The first kappa shape index (κ1) is 22.2. The Balaban J connectivity index is 1.22. The van der Waals surface area contributed by atoms with Gasteiger partial charge in [0.15, 0.2) is 0 Å². The molecule has 31 heavy (non-hydrogen) atoms. The number of ether oxygens (including phenoxy) is 2. The van der Waals surface area contributed by atoms with Crippen molar-refractivity contribution in [2.75, 3.05) is 39.5 Å². The zero-order chi connectivity index (χ0) is 21.6. The van der Waals surface area contributed by atoms with E-state index >= 15 is 0 Å². The van der Waals surface area contributed by atoms with Gasteiger partial charge in [-0.1, -0.05) is 13.8 Å². The van der Waals surface area contributed by atoms with Crippen LogP contribution in [0.1, 0.15) is 71.6 Å². The van der Waals surface area contributed by atoms with Crippen LogP contribution < -0.4 is 0 Å². The highest BCUT2D eigenvalue weighted by Gasteiger charge is 2.61. The fraction of sp³-hybridized carbons (Fsp3) is 0.962. The van der Waals surface area contributed by atoms with Gasteiger partial charge in [0, 0.05) is 19.6 Å². The molecule has 5 heteroatoms. The molecule has 1 heterocycles. The highest BCUT2D eigenvalue weighted by atomic mass is 16.5. The van der Waals surface area contributed by atoms with Crippen molar-refractivity contribution in [1.82, 2.24) is 4.90 Å². The molecule has 0 amide bonds. The maximum absolute atomic E-state index is 13.1. The number of carbonyl (C=O) groups is 1. The lowest BCUT2D eigenvalue weighted by molar-refractivity contribution is -0.160. The van der Waals surface area contributed by atoms with Crippen LogP contribution in [-0.2, 0) is 14.3 Å². The molecular formula is C26H43NO4. The Labute approximate surface area is 188 Å². The van der Waals surface area contributed by atoms with E-state index in [9.17, 15) is 9.90 Å². The number of fused-ring (bicyclic) bond motifs is 5. The second kappa shape index (κ2) is 8.61. The molecule has 0 aromatic carbocycles. The van der Waals surface area contributed by atoms with E-state index in [2.05, 4.69) is 18.7 Å². The van der Waals surface area contributed by atoms with Crippen molar-refractivity contribution >= 4 is 5.97 Å². The number of aliphatic hydroxyl groups is 1. The van der Waals surface area contributed by atoms with Gasteiger partial charge in [-0.15, -0.1) is 0 Å². The third kappa shape index (κ3) is 3.87. The quantitative estimate of drug-likeness (QED) is 0.682. The fourth-order valence-corrected chi connectivity index (χ4v) is 8.82. The van der Waals surface area contributed by atoms with E-state index in [1.807, 2.05) is 0 Å². The number of morpholine rings is 1. The first-order valence-electron chi connectivity index (χ1n) is 13.1. The van der Waals surface area contributed by atoms with Crippen molar-refractivity contribution in [1.29, 1.82) is 0 Å². The third-order valence-electron chi connectivity index (χ3n) is 10.7. The van der Waals surface area contributed by atoms with Gasteiger partial charge in [-0.05, 0) is 92.3 Å². The minimum Gasteiger partial charge on any atom is -0.464 e. The molecule has 1 N–H and O–H groups in total. The molecule has 5 fully saturated rings. The second-order valence-electron chi connectivity index (χ2n) is 11.9. The van der Waals surface area contributed by atoms with Gasteiger partial charge in [-0.25, -0.2) is 0 Å². The maximum Gasteiger partial charge on any atom is 0.309 e. The molecule has 5 rings (SSSR count). The summed E-state index contributed by atoms with van der Waals surface area (Å²) in [4.78, 5) is 15.5. The van der Waals surface area contributed by atoms with Gasteiger partial charge in [0.2, 0.25) is 0 Å². The summed E-state index contributed by atoms with van der Waals surface area (Å²) in [7, 11) is 0. The SMILES string of the molecule is C[C@]12CC[C@@H](O)C[C@@H]1CC[C@@H]1[C@@H]2CC[C@]2(C)[C@@H](C(=O)OCCN3CCOCC3)CC[C@@H]12. The summed E-state index contributed by atoms with van der Waals surface area (Å²) >= 11 is 0. The molecule has 4 aliphatic carbocycles. The smallest absolute Gasteiger partial charge is 0.309 e. The highest BCUT2D eigenvalue weighted by Crippen LogP contribution is 2.67. The summed E-state index contributed by atoms with van der Waals surface area (Å²) in [6.07, 6.45) is 10.3. The van der Waals surface area contributed by atoms with Crippen LogP contribution in [0.5, 0.6) is 0 Å². The minimum atomic E-state index is -0.0772. The molecule has 8 atom stereocenters. The molecule has 1 saturated heterocycles. The lowest BCUT2D eigenvalue weighted by Gasteiger charge is -2.60. The average Bonchev–Trinajstić information content (AvgIpc) is 3.12. The third-order valence-corrected chi connectivity index (χ3v) is 10.7. The summed E-state index contributed by atoms with van der Waals surface area (Å²) in [5, 5.41) is 10.2. The summed E-state index contributed by atoms with van der Waals surface area (Å²) < 4.78 is 11.3. The first-order valence-corrected chi connectivity index (χ1v) is 13.1. The Hall–Kier alpha value is -0.650. The molecule has 0 aromatic rings. The summed E-state index contributed by atoms with van der Waals surface area (Å²) in [5.41, 5.74) is 0.523. The molecule has 0 unspecified atom stereocenters. The van der Waals surface area contributed by atoms with E-state index in [0.29, 0.717) is 23.9 Å². The Morgan fingerprint density at radius 2 is 1.74 bits per heavy atom. The first-order chi connectivity index (χ1) is 14.9. The van der Waals surface area contributed by atoms with Crippen LogP contribution in [0.2, 0.25) is 0 Å². The van der Waals surface area contributed by atoms with Gasteiger partial charge in [-0.3, -0.25) is 9.69 Å². The predicted octanol–water partition coefficient (Wildman–Crippen LogP) is 3.88. The molecule has 0 spiro atoms. The standard InChI is InChI=1S/C26H43NO4/c1-25-9-7-19(28)17-18(25)3-4-20-21-5-6-23(26(21,2)10-8-22(20)25)24(29)31-16-13-27-11-14-30-15-12-27/h18-23,28H,3-17H2,1-2H3/t18-,19+,20-,21-,22-,23+,25-,26-/m0/s1. The Morgan fingerprint density at radius 1 is 1.00 bits per heavy atom. The van der Waals surface area contributed by atoms with Gasteiger partial charge in [0.05, 0.1) is 25.2 Å². The normalized spacial score (nSPS) is 47.8. The lowest BCUT2D eigenvalue weighted by atomic mass is 9.44.